The van der Waals surface area contributed by atoms with Crippen molar-refractivity contribution < 1.29 is 0 Å². The van der Waals surface area contributed by atoms with Crippen LogP contribution in [0.3, 0.4) is 0 Å². The number of anilines is 1. The molecule has 0 amide bonds. The van der Waals surface area contributed by atoms with Gasteiger partial charge in [0.1, 0.15) is 11.3 Å². The Morgan fingerprint density at radius 3 is 2.83 bits per heavy atom. The zero-order valence-corrected chi connectivity index (χ0v) is 7.07. The van der Waals surface area contributed by atoms with Crippen molar-refractivity contribution in [3.63, 3.8) is 0 Å². The lowest BCUT2D eigenvalue weighted by atomic mass is 10.4. The van der Waals surface area contributed by atoms with Crippen molar-refractivity contribution in [3.8, 4) is 0 Å². The molecule has 2 aromatic heterocycles. The van der Waals surface area contributed by atoms with E-state index >= 15 is 0 Å². The number of pyridine rings is 1. The highest BCUT2D eigenvalue weighted by Crippen LogP contribution is 2.18. The quantitative estimate of drug-likeness (QED) is 0.625. The van der Waals surface area contributed by atoms with Gasteiger partial charge in [0.05, 0.1) is 23.6 Å². The van der Waals surface area contributed by atoms with Gasteiger partial charge in [-0.25, -0.2) is 4.98 Å². The number of nitrogens with two attached hydrogens (primary N) is 1. The molecule has 0 aromatic carbocycles. The van der Waals surface area contributed by atoms with Crippen LogP contribution in [0.25, 0.3) is 11.0 Å². The van der Waals surface area contributed by atoms with Crippen molar-refractivity contribution in [1.82, 2.24) is 14.5 Å². The summed E-state index contributed by atoms with van der Waals surface area (Å²) in [6.45, 7) is 1.94. The Morgan fingerprint density at radius 1 is 1.42 bits per heavy atom. The Kier molecular flexibility index (Phi) is 1.30. The molecule has 2 rings (SSSR count). The third-order valence-corrected chi connectivity index (χ3v) is 2.05. The fourth-order valence-electron chi connectivity index (χ4n) is 1.24. The van der Waals surface area contributed by atoms with Crippen LogP contribution in [-0.2, 0) is 7.05 Å². The third kappa shape index (κ3) is 0.777. The van der Waals surface area contributed by atoms with Gasteiger partial charge in [-0.3, -0.25) is 4.98 Å². The number of aromatic nitrogens is 3. The summed E-state index contributed by atoms with van der Waals surface area (Å²) in [5, 5.41) is 0. The second-order valence-corrected chi connectivity index (χ2v) is 2.81. The van der Waals surface area contributed by atoms with E-state index in [1.54, 1.807) is 12.4 Å². The number of imidazole rings is 1. The summed E-state index contributed by atoms with van der Waals surface area (Å²) in [6, 6.07) is 0. The van der Waals surface area contributed by atoms with Crippen LogP contribution in [0.4, 0.5) is 5.69 Å². The first-order valence-corrected chi connectivity index (χ1v) is 3.72. The number of nitrogen functional groups attached to an aromatic ring is 1. The molecule has 0 aliphatic rings. The van der Waals surface area contributed by atoms with E-state index in [0.717, 1.165) is 16.9 Å². The topological polar surface area (TPSA) is 56.7 Å². The summed E-state index contributed by atoms with van der Waals surface area (Å²) in [7, 11) is 1.95. The monoisotopic (exact) mass is 162 g/mol. The van der Waals surface area contributed by atoms with Gasteiger partial charge in [0.15, 0.2) is 0 Å². The van der Waals surface area contributed by atoms with E-state index in [1.807, 2.05) is 18.5 Å². The fraction of sp³-hybridized carbons (Fsp3) is 0.250. The molecule has 0 aliphatic carbocycles. The van der Waals surface area contributed by atoms with Gasteiger partial charge < -0.3 is 10.3 Å². The fourth-order valence-corrected chi connectivity index (χ4v) is 1.24. The number of rotatable bonds is 0. The Balaban J connectivity index is 2.95. The standard InChI is InChI=1S/C8H10N4/c1-5-11-8-6(9)3-10-4-7(8)12(5)2/h3-4H,9H2,1-2H3. The zero-order chi connectivity index (χ0) is 8.72. The molecule has 12 heavy (non-hydrogen) atoms. The Hall–Kier alpha value is -1.58. The Morgan fingerprint density at radius 2 is 2.17 bits per heavy atom. The summed E-state index contributed by atoms with van der Waals surface area (Å²) in [5.41, 5.74) is 8.15. The highest BCUT2D eigenvalue weighted by molar-refractivity contribution is 5.86. The van der Waals surface area contributed by atoms with Crippen molar-refractivity contribution in [1.29, 1.82) is 0 Å². The predicted octanol–water partition coefficient (Wildman–Crippen LogP) is 0.859. The number of nitrogens with zero attached hydrogens (tertiary/aromatic N) is 3. The third-order valence-electron chi connectivity index (χ3n) is 2.05. The molecule has 0 saturated heterocycles. The Bertz CT molecular complexity index is 430. The molecule has 2 N–H and O–H groups in total. The number of hydrogen-bond acceptors (Lipinski definition) is 3. The van der Waals surface area contributed by atoms with E-state index in [2.05, 4.69) is 9.97 Å². The minimum atomic E-state index is 0.635. The SMILES string of the molecule is Cc1nc2c(N)cncc2n1C. The second kappa shape index (κ2) is 2.20. The van der Waals surface area contributed by atoms with E-state index in [-0.39, 0.29) is 0 Å². The molecular weight excluding hydrogens is 152 g/mol. The van der Waals surface area contributed by atoms with Gasteiger partial charge in [-0.05, 0) is 6.92 Å². The minimum absolute atomic E-state index is 0.635. The van der Waals surface area contributed by atoms with E-state index in [1.165, 1.54) is 0 Å². The van der Waals surface area contributed by atoms with Crippen LogP contribution in [0.5, 0.6) is 0 Å². The van der Waals surface area contributed by atoms with Gasteiger partial charge in [0, 0.05) is 7.05 Å². The van der Waals surface area contributed by atoms with Gasteiger partial charge in [-0.2, -0.15) is 0 Å². The molecule has 0 fully saturated rings. The summed E-state index contributed by atoms with van der Waals surface area (Å²) >= 11 is 0. The van der Waals surface area contributed by atoms with Gasteiger partial charge in [-0.15, -0.1) is 0 Å². The van der Waals surface area contributed by atoms with Crippen LogP contribution >= 0.6 is 0 Å². The maximum absolute atomic E-state index is 5.70. The van der Waals surface area contributed by atoms with Crippen molar-refractivity contribution in [2.75, 3.05) is 5.73 Å². The first-order valence-electron chi connectivity index (χ1n) is 3.72. The highest BCUT2D eigenvalue weighted by atomic mass is 15.1. The molecule has 4 nitrogen and oxygen atoms in total. The summed E-state index contributed by atoms with van der Waals surface area (Å²) in [4.78, 5) is 8.31. The zero-order valence-electron chi connectivity index (χ0n) is 7.07. The maximum Gasteiger partial charge on any atom is 0.115 e. The first kappa shape index (κ1) is 7.09. The van der Waals surface area contributed by atoms with Gasteiger partial charge in [0.2, 0.25) is 0 Å². The van der Waals surface area contributed by atoms with Crippen LogP contribution in [-0.4, -0.2) is 14.5 Å². The minimum Gasteiger partial charge on any atom is -0.396 e. The predicted molar refractivity (Wildman–Crippen MR) is 47.7 cm³/mol. The van der Waals surface area contributed by atoms with Crippen molar-refractivity contribution in [3.05, 3.63) is 18.2 Å². The molecule has 62 valence electrons. The van der Waals surface area contributed by atoms with E-state index < -0.39 is 0 Å². The number of hydrogen-bond donors (Lipinski definition) is 1. The van der Waals surface area contributed by atoms with Gasteiger partial charge in [0.25, 0.3) is 0 Å². The maximum atomic E-state index is 5.70. The smallest absolute Gasteiger partial charge is 0.115 e. The van der Waals surface area contributed by atoms with Crippen LogP contribution in [0.1, 0.15) is 5.82 Å². The summed E-state index contributed by atoms with van der Waals surface area (Å²) in [6.07, 6.45) is 3.39. The lowest BCUT2D eigenvalue weighted by Gasteiger charge is -1.95. The van der Waals surface area contributed by atoms with Crippen LogP contribution in [0.2, 0.25) is 0 Å². The molecule has 0 atom stereocenters. The van der Waals surface area contributed by atoms with E-state index in [0.29, 0.717) is 5.69 Å². The largest absolute Gasteiger partial charge is 0.396 e. The molecule has 4 heteroatoms. The summed E-state index contributed by atoms with van der Waals surface area (Å²) < 4.78 is 1.97. The molecule has 2 heterocycles. The normalized spacial score (nSPS) is 10.8. The average molecular weight is 162 g/mol. The van der Waals surface area contributed by atoms with Gasteiger partial charge in [-0.1, -0.05) is 0 Å². The first-order chi connectivity index (χ1) is 5.70. The molecule has 0 saturated carbocycles. The second-order valence-electron chi connectivity index (χ2n) is 2.81. The van der Waals surface area contributed by atoms with E-state index in [4.69, 9.17) is 5.73 Å². The van der Waals surface area contributed by atoms with Crippen molar-refractivity contribution in [2.24, 2.45) is 7.05 Å². The highest BCUT2D eigenvalue weighted by Gasteiger charge is 2.05. The molecule has 0 bridgehead atoms. The molecule has 0 aliphatic heterocycles. The number of fused-ring (bicyclic) bond motifs is 1. The molecular formula is C8H10N4. The molecule has 0 radical (unpaired) electrons. The van der Waals surface area contributed by atoms with Crippen molar-refractivity contribution >= 4 is 16.7 Å². The lowest BCUT2D eigenvalue weighted by molar-refractivity contribution is 0.884. The Labute approximate surface area is 70.0 Å². The molecule has 0 unspecified atom stereocenters. The average Bonchev–Trinajstić information content (AvgIpc) is 2.32. The summed E-state index contributed by atoms with van der Waals surface area (Å²) in [5.74, 6) is 0.949. The van der Waals surface area contributed by atoms with E-state index in [9.17, 15) is 0 Å². The molecule has 2 aromatic rings. The lowest BCUT2D eigenvalue weighted by Crippen LogP contribution is -1.91. The van der Waals surface area contributed by atoms with Crippen LogP contribution < -0.4 is 5.73 Å². The van der Waals surface area contributed by atoms with Crippen LogP contribution in [0, 0.1) is 6.92 Å². The van der Waals surface area contributed by atoms with Crippen LogP contribution in [0.15, 0.2) is 12.4 Å². The number of aryl methyl sites for hydroxylation is 2. The molecule has 0 spiro atoms. The van der Waals surface area contributed by atoms with Crippen molar-refractivity contribution in [2.45, 2.75) is 6.92 Å². The van der Waals surface area contributed by atoms with Gasteiger partial charge >= 0.3 is 0 Å².